The van der Waals surface area contributed by atoms with Crippen molar-refractivity contribution in [1.29, 1.82) is 0 Å². The van der Waals surface area contributed by atoms with Crippen molar-refractivity contribution in [3.63, 3.8) is 0 Å². The molecule has 0 aliphatic heterocycles. The van der Waals surface area contributed by atoms with E-state index in [4.69, 9.17) is 4.74 Å². The Morgan fingerprint density at radius 2 is 2.09 bits per heavy atom. The summed E-state index contributed by atoms with van der Waals surface area (Å²) in [5.74, 6) is -0.179. The minimum atomic E-state index is -0.205. The second kappa shape index (κ2) is 5.13. The zero-order valence-corrected chi connectivity index (χ0v) is 7.68. The molecule has 0 heterocycles. The van der Waals surface area contributed by atoms with Gasteiger partial charge in [0.2, 0.25) is 0 Å². The van der Waals surface area contributed by atoms with Gasteiger partial charge < -0.3 is 10.1 Å². The van der Waals surface area contributed by atoms with E-state index in [1.807, 2.05) is 13.8 Å². The maximum Gasteiger partial charge on any atom is 0.323 e. The fourth-order valence-corrected chi connectivity index (χ4v) is 0.502. The first-order chi connectivity index (χ1) is 5.11. The van der Waals surface area contributed by atoms with Crippen molar-refractivity contribution in [2.75, 3.05) is 7.05 Å². The highest BCUT2D eigenvalue weighted by molar-refractivity contribution is 5.75. The number of carbonyl (C=O) groups excluding carboxylic acids is 1. The van der Waals surface area contributed by atoms with Gasteiger partial charge in [0.25, 0.3) is 0 Å². The van der Waals surface area contributed by atoms with Crippen molar-refractivity contribution in [3.8, 4) is 0 Å². The fourth-order valence-electron chi connectivity index (χ4n) is 0.502. The Kier molecular flexibility index (Phi) is 4.86. The van der Waals surface area contributed by atoms with E-state index in [9.17, 15) is 4.79 Å². The van der Waals surface area contributed by atoms with Crippen molar-refractivity contribution >= 4 is 5.97 Å². The van der Waals surface area contributed by atoms with E-state index < -0.39 is 0 Å². The summed E-state index contributed by atoms with van der Waals surface area (Å²) < 4.78 is 5.05. The van der Waals surface area contributed by atoms with Crippen LogP contribution in [0.2, 0.25) is 0 Å². The summed E-state index contributed by atoms with van der Waals surface area (Å²) in [4.78, 5) is 11.1. The van der Waals surface area contributed by atoms with Gasteiger partial charge in [-0.25, -0.2) is 0 Å². The summed E-state index contributed by atoms with van der Waals surface area (Å²) in [5, 5.41) is 2.82. The number of likely N-dealkylation sites (N-methyl/N-ethyl adjacent to an activating group) is 1. The summed E-state index contributed by atoms with van der Waals surface area (Å²) in [6, 6.07) is -0.205. The third kappa shape index (κ3) is 3.98. The summed E-state index contributed by atoms with van der Waals surface area (Å²) in [6.07, 6.45) is 0.889. The average Bonchev–Trinajstić information content (AvgIpc) is 2.02. The Labute approximate surface area is 68.1 Å². The molecule has 0 aliphatic rings. The van der Waals surface area contributed by atoms with Crippen LogP contribution in [0.15, 0.2) is 0 Å². The molecule has 0 saturated carbocycles. The number of ether oxygens (including phenoxy) is 1. The lowest BCUT2D eigenvalue weighted by atomic mass is 10.3. The number of rotatable bonds is 4. The molecule has 2 atom stereocenters. The van der Waals surface area contributed by atoms with Crippen LogP contribution in [0.3, 0.4) is 0 Å². The fraction of sp³-hybridized carbons (Fsp3) is 0.875. The van der Waals surface area contributed by atoms with Gasteiger partial charge in [0, 0.05) is 0 Å². The monoisotopic (exact) mass is 159 g/mol. The van der Waals surface area contributed by atoms with E-state index >= 15 is 0 Å². The number of esters is 1. The summed E-state index contributed by atoms with van der Waals surface area (Å²) >= 11 is 0. The van der Waals surface area contributed by atoms with E-state index in [-0.39, 0.29) is 18.1 Å². The van der Waals surface area contributed by atoms with Crippen LogP contribution in [0.1, 0.15) is 27.2 Å². The van der Waals surface area contributed by atoms with Crippen molar-refractivity contribution in [1.82, 2.24) is 5.32 Å². The average molecular weight is 159 g/mol. The molecule has 0 saturated heterocycles. The molecule has 0 aromatic rings. The largest absolute Gasteiger partial charge is 0.462 e. The van der Waals surface area contributed by atoms with Crippen molar-refractivity contribution in [2.45, 2.75) is 39.3 Å². The third-order valence-electron chi connectivity index (χ3n) is 1.68. The number of hydrogen-bond acceptors (Lipinski definition) is 3. The van der Waals surface area contributed by atoms with Crippen LogP contribution in [-0.4, -0.2) is 25.2 Å². The third-order valence-corrected chi connectivity index (χ3v) is 1.68. The first kappa shape index (κ1) is 10.4. The van der Waals surface area contributed by atoms with E-state index in [1.165, 1.54) is 0 Å². The van der Waals surface area contributed by atoms with Gasteiger partial charge in [-0.05, 0) is 27.3 Å². The van der Waals surface area contributed by atoms with Gasteiger partial charge in [0.1, 0.15) is 6.04 Å². The zero-order chi connectivity index (χ0) is 8.85. The molecule has 3 nitrogen and oxygen atoms in total. The van der Waals surface area contributed by atoms with Crippen LogP contribution in [-0.2, 0) is 9.53 Å². The quantitative estimate of drug-likeness (QED) is 0.620. The van der Waals surface area contributed by atoms with Crippen molar-refractivity contribution in [3.05, 3.63) is 0 Å². The molecule has 0 aromatic carbocycles. The zero-order valence-electron chi connectivity index (χ0n) is 7.68. The Hall–Kier alpha value is -0.570. The molecule has 0 rings (SSSR count). The molecule has 0 aliphatic carbocycles. The van der Waals surface area contributed by atoms with Crippen LogP contribution in [0.25, 0.3) is 0 Å². The normalized spacial score (nSPS) is 15.6. The van der Waals surface area contributed by atoms with Crippen LogP contribution in [0.5, 0.6) is 0 Å². The molecule has 1 N–H and O–H groups in total. The second-order valence-corrected chi connectivity index (χ2v) is 2.67. The van der Waals surface area contributed by atoms with Crippen LogP contribution in [0, 0.1) is 0 Å². The molecule has 66 valence electrons. The molecule has 0 fully saturated rings. The number of hydrogen-bond donors (Lipinski definition) is 1. The maximum absolute atomic E-state index is 11.1. The van der Waals surface area contributed by atoms with E-state index in [2.05, 4.69) is 5.32 Å². The summed E-state index contributed by atoms with van der Waals surface area (Å²) in [6.45, 7) is 5.66. The first-order valence-electron chi connectivity index (χ1n) is 3.99. The second-order valence-electron chi connectivity index (χ2n) is 2.67. The molecule has 0 aromatic heterocycles. The molecule has 3 heteroatoms. The van der Waals surface area contributed by atoms with E-state index in [0.29, 0.717) is 0 Å². The summed E-state index contributed by atoms with van der Waals surface area (Å²) in [7, 11) is 1.74. The highest BCUT2D eigenvalue weighted by Gasteiger charge is 2.13. The molecule has 0 radical (unpaired) electrons. The lowest BCUT2D eigenvalue weighted by molar-refractivity contribution is -0.150. The van der Waals surface area contributed by atoms with E-state index in [1.54, 1.807) is 14.0 Å². The Morgan fingerprint density at radius 3 is 2.45 bits per heavy atom. The topological polar surface area (TPSA) is 38.3 Å². The van der Waals surface area contributed by atoms with Gasteiger partial charge in [-0.3, -0.25) is 4.79 Å². The van der Waals surface area contributed by atoms with Crippen molar-refractivity contribution < 1.29 is 9.53 Å². The minimum absolute atomic E-state index is 0.0262. The van der Waals surface area contributed by atoms with E-state index in [0.717, 1.165) is 6.42 Å². The predicted octanol–water partition coefficient (Wildman–Crippen LogP) is 0.936. The van der Waals surface area contributed by atoms with Crippen molar-refractivity contribution in [2.24, 2.45) is 0 Å². The Bertz CT molecular complexity index is 125. The van der Waals surface area contributed by atoms with Gasteiger partial charge in [0.05, 0.1) is 6.10 Å². The van der Waals surface area contributed by atoms with Gasteiger partial charge in [-0.2, -0.15) is 0 Å². The molecule has 0 bridgehead atoms. The standard InChI is InChI=1S/C8H17NO2/c1-5-6(2)11-8(10)7(3)9-4/h6-7,9H,5H2,1-4H3/t6-,7-/m0/s1. The number of carbonyl (C=O) groups is 1. The van der Waals surface area contributed by atoms with Gasteiger partial charge in [-0.15, -0.1) is 0 Å². The van der Waals surface area contributed by atoms with Gasteiger partial charge in [-0.1, -0.05) is 6.92 Å². The minimum Gasteiger partial charge on any atom is -0.462 e. The molecule has 11 heavy (non-hydrogen) atoms. The van der Waals surface area contributed by atoms with Gasteiger partial charge in [0.15, 0.2) is 0 Å². The SMILES string of the molecule is CC[C@H](C)OC(=O)[C@H](C)NC. The van der Waals surface area contributed by atoms with Crippen LogP contribution >= 0.6 is 0 Å². The molecule has 0 spiro atoms. The van der Waals surface area contributed by atoms with Gasteiger partial charge >= 0.3 is 5.97 Å². The predicted molar refractivity (Wildman–Crippen MR) is 44.4 cm³/mol. The maximum atomic E-state index is 11.1. The smallest absolute Gasteiger partial charge is 0.323 e. The lowest BCUT2D eigenvalue weighted by Gasteiger charge is -2.14. The number of nitrogens with one attached hydrogen (secondary N) is 1. The Balaban J connectivity index is 3.68. The Morgan fingerprint density at radius 1 is 1.55 bits per heavy atom. The molecular weight excluding hydrogens is 142 g/mol. The summed E-state index contributed by atoms with van der Waals surface area (Å²) in [5.41, 5.74) is 0. The molecular formula is C8H17NO2. The van der Waals surface area contributed by atoms with Crippen LogP contribution in [0.4, 0.5) is 0 Å². The lowest BCUT2D eigenvalue weighted by Crippen LogP contribution is -2.34. The van der Waals surface area contributed by atoms with Crippen LogP contribution < -0.4 is 5.32 Å². The molecule has 0 unspecified atom stereocenters. The highest BCUT2D eigenvalue weighted by atomic mass is 16.5. The first-order valence-corrected chi connectivity index (χ1v) is 3.99. The highest BCUT2D eigenvalue weighted by Crippen LogP contribution is 1.98. The molecule has 0 amide bonds.